The van der Waals surface area contributed by atoms with E-state index in [1.165, 1.54) is 38.8 Å². The van der Waals surface area contributed by atoms with Gasteiger partial charge in [-0.1, -0.05) is 79.6 Å². The number of aliphatic hydroxyl groups is 1. The van der Waals surface area contributed by atoms with Crippen LogP contribution in [0, 0.1) is 0 Å². The van der Waals surface area contributed by atoms with E-state index in [2.05, 4.69) is 63.6 Å². The molecule has 1 amide bonds. The molecule has 0 bridgehead atoms. The number of aliphatic carboxylic acids is 1. The molecule has 6 rings (SSSR count). The predicted molar refractivity (Wildman–Crippen MR) is 198 cm³/mol. The van der Waals surface area contributed by atoms with Crippen molar-refractivity contribution in [1.82, 2.24) is 15.1 Å². The van der Waals surface area contributed by atoms with Crippen molar-refractivity contribution in [3.8, 4) is 11.1 Å². The number of amides is 1. The van der Waals surface area contributed by atoms with E-state index in [1.807, 2.05) is 24.3 Å². The van der Waals surface area contributed by atoms with E-state index in [4.69, 9.17) is 14.6 Å². The smallest absolute Gasteiger partial charge is 0.303 e. The molecule has 4 atom stereocenters. The van der Waals surface area contributed by atoms with Gasteiger partial charge in [0.1, 0.15) is 0 Å². The standard InChI is InChI=1S/C42H55N3O6/c46-30-31-14-16-34(17-15-31)39-26-38(29-45-24-8-11-37(45)28-44-22-5-6-23-44)50-42(51-39)35-20-18-33(19-21-35)36-10-7-9-32(25-36)27-43-40(47)12-3-1-2-4-13-41(48)49/h7,9-10,14-21,25,37-39,42,46H,1-6,8,11-13,22-24,26-30H2,(H,43,47)(H,48,49). The largest absolute Gasteiger partial charge is 0.481 e. The number of carbonyl (C=O) groups excluding carboxylic acids is 1. The third-order valence-corrected chi connectivity index (χ3v) is 10.7. The van der Waals surface area contributed by atoms with Gasteiger partial charge in [0.05, 0.1) is 18.8 Å². The van der Waals surface area contributed by atoms with Crippen molar-refractivity contribution in [3.05, 3.63) is 95.1 Å². The second-order valence-corrected chi connectivity index (χ2v) is 14.6. The molecular formula is C42H55N3O6. The van der Waals surface area contributed by atoms with Crippen molar-refractivity contribution >= 4 is 11.9 Å². The number of likely N-dealkylation sites (tertiary alicyclic amines) is 2. The highest BCUT2D eigenvalue weighted by atomic mass is 16.7. The number of rotatable bonds is 17. The number of carboxylic acid groups (broad SMARTS) is 1. The zero-order chi connectivity index (χ0) is 35.4. The van der Waals surface area contributed by atoms with E-state index in [1.54, 1.807) is 0 Å². The molecule has 9 heteroatoms. The quantitative estimate of drug-likeness (QED) is 0.130. The maximum atomic E-state index is 12.4. The third-order valence-electron chi connectivity index (χ3n) is 10.7. The summed E-state index contributed by atoms with van der Waals surface area (Å²) in [5, 5.41) is 21.4. The molecule has 3 aromatic carbocycles. The first kappa shape index (κ1) is 37.2. The molecule has 3 saturated heterocycles. The molecule has 3 aliphatic heterocycles. The monoisotopic (exact) mass is 697 g/mol. The summed E-state index contributed by atoms with van der Waals surface area (Å²) in [7, 11) is 0. The Morgan fingerprint density at radius 2 is 1.51 bits per heavy atom. The molecule has 0 spiro atoms. The summed E-state index contributed by atoms with van der Waals surface area (Å²) in [6.07, 6.45) is 9.11. The fraction of sp³-hybridized carbons (Fsp3) is 0.524. The van der Waals surface area contributed by atoms with E-state index < -0.39 is 12.3 Å². The molecule has 0 radical (unpaired) electrons. The summed E-state index contributed by atoms with van der Waals surface area (Å²) in [5.41, 5.74) is 6.19. The number of nitrogens with one attached hydrogen (secondary N) is 1. The normalized spacial score (nSPS) is 22.7. The highest BCUT2D eigenvalue weighted by Crippen LogP contribution is 2.39. The summed E-state index contributed by atoms with van der Waals surface area (Å²) >= 11 is 0. The topological polar surface area (TPSA) is 112 Å². The molecule has 3 aromatic rings. The van der Waals surface area contributed by atoms with Gasteiger partial charge in [-0.15, -0.1) is 0 Å². The van der Waals surface area contributed by atoms with Crippen LogP contribution < -0.4 is 5.32 Å². The lowest BCUT2D eigenvalue weighted by Crippen LogP contribution is -2.45. The molecule has 0 aliphatic carbocycles. The van der Waals surface area contributed by atoms with Gasteiger partial charge in [0, 0.05) is 50.5 Å². The van der Waals surface area contributed by atoms with Gasteiger partial charge in [0.25, 0.3) is 0 Å². The molecule has 9 nitrogen and oxygen atoms in total. The molecule has 0 saturated carbocycles. The summed E-state index contributed by atoms with van der Waals surface area (Å²) < 4.78 is 13.4. The van der Waals surface area contributed by atoms with Crippen LogP contribution in [0.5, 0.6) is 0 Å². The van der Waals surface area contributed by atoms with E-state index in [0.29, 0.717) is 25.4 Å². The van der Waals surface area contributed by atoms with E-state index >= 15 is 0 Å². The Labute approximate surface area is 302 Å². The minimum atomic E-state index is -0.767. The van der Waals surface area contributed by atoms with Crippen molar-refractivity contribution in [2.75, 3.05) is 32.7 Å². The van der Waals surface area contributed by atoms with Crippen LogP contribution in [-0.2, 0) is 32.2 Å². The van der Waals surface area contributed by atoms with Gasteiger partial charge in [-0.25, -0.2) is 0 Å². The highest BCUT2D eigenvalue weighted by Gasteiger charge is 2.36. The number of carbonyl (C=O) groups is 2. The number of benzene rings is 3. The number of carboxylic acids is 1. The highest BCUT2D eigenvalue weighted by molar-refractivity contribution is 5.76. The molecule has 3 heterocycles. The molecule has 3 aliphatic rings. The maximum Gasteiger partial charge on any atom is 0.303 e. The van der Waals surface area contributed by atoms with Crippen LogP contribution in [0.1, 0.15) is 105 Å². The summed E-state index contributed by atoms with van der Waals surface area (Å²) in [6.45, 7) is 6.12. The third kappa shape index (κ3) is 10.9. The average molecular weight is 698 g/mol. The Balaban J connectivity index is 1.07. The van der Waals surface area contributed by atoms with Crippen molar-refractivity contribution in [2.24, 2.45) is 0 Å². The van der Waals surface area contributed by atoms with Crippen LogP contribution in [0.15, 0.2) is 72.8 Å². The first-order valence-electron chi connectivity index (χ1n) is 19.1. The van der Waals surface area contributed by atoms with Crippen molar-refractivity contribution in [2.45, 2.75) is 108 Å². The van der Waals surface area contributed by atoms with Crippen LogP contribution in [0.25, 0.3) is 11.1 Å². The van der Waals surface area contributed by atoms with Crippen LogP contribution in [0.2, 0.25) is 0 Å². The summed E-state index contributed by atoms with van der Waals surface area (Å²) in [5.74, 6) is -0.750. The summed E-state index contributed by atoms with van der Waals surface area (Å²) in [4.78, 5) is 28.3. The molecule has 274 valence electrons. The zero-order valence-corrected chi connectivity index (χ0v) is 29.9. The zero-order valence-electron chi connectivity index (χ0n) is 29.9. The van der Waals surface area contributed by atoms with Gasteiger partial charge >= 0.3 is 5.97 Å². The first-order valence-corrected chi connectivity index (χ1v) is 19.1. The van der Waals surface area contributed by atoms with Crippen LogP contribution >= 0.6 is 0 Å². The number of hydrogen-bond acceptors (Lipinski definition) is 7. The van der Waals surface area contributed by atoms with Crippen molar-refractivity contribution in [1.29, 1.82) is 0 Å². The molecule has 3 fully saturated rings. The van der Waals surface area contributed by atoms with Gasteiger partial charge in [0.15, 0.2) is 6.29 Å². The predicted octanol–water partition coefficient (Wildman–Crippen LogP) is 6.99. The minimum Gasteiger partial charge on any atom is -0.481 e. The number of nitrogens with zero attached hydrogens (tertiary/aromatic N) is 2. The molecule has 4 unspecified atom stereocenters. The fourth-order valence-corrected chi connectivity index (χ4v) is 7.80. The fourth-order valence-electron chi connectivity index (χ4n) is 7.80. The van der Waals surface area contributed by atoms with Gasteiger partial charge in [-0.2, -0.15) is 0 Å². The lowest BCUT2D eigenvalue weighted by molar-refractivity contribution is -0.253. The second kappa shape index (κ2) is 18.8. The Morgan fingerprint density at radius 1 is 0.765 bits per heavy atom. The van der Waals surface area contributed by atoms with Crippen molar-refractivity contribution < 1.29 is 29.3 Å². The Kier molecular flexibility index (Phi) is 13.7. The van der Waals surface area contributed by atoms with Crippen molar-refractivity contribution in [3.63, 3.8) is 0 Å². The van der Waals surface area contributed by atoms with Crippen LogP contribution in [-0.4, -0.2) is 76.8 Å². The second-order valence-electron chi connectivity index (χ2n) is 14.6. The maximum absolute atomic E-state index is 12.4. The number of aliphatic hydroxyl groups excluding tert-OH is 1. The molecular weight excluding hydrogens is 642 g/mol. The lowest BCUT2D eigenvalue weighted by Gasteiger charge is -2.39. The average Bonchev–Trinajstić information content (AvgIpc) is 3.84. The van der Waals surface area contributed by atoms with E-state index in [0.717, 1.165) is 78.7 Å². The molecule has 51 heavy (non-hydrogen) atoms. The van der Waals surface area contributed by atoms with E-state index in [9.17, 15) is 14.7 Å². The molecule has 0 aromatic heterocycles. The Hall–Kier alpha value is -3.60. The van der Waals surface area contributed by atoms with E-state index in [-0.39, 0.29) is 31.1 Å². The number of hydrogen-bond donors (Lipinski definition) is 3. The van der Waals surface area contributed by atoms with Gasteiger partial charge in [-0.3, -0.25) is 14.5 Å². The van der Waals surface area contributed by atoms with Crippen LogP contribution in [0.4, 0.5) is 0 Å². The number of ether oxygens (including phenoxy) is 2. The first-order chi connectivity index (χ1) is 24.9. The molecule has 3 N–H and O–H groups in total. The summed E-state index contributed by atoms with van der Waals surface area (Å²) in [6, 6.07) is 25.4. The minimum absolute atomic E-state index is 0.0169. The Bertz CT molecular complexity index is 1540. The van der Waals surface area contributed by atoms with Gasteiger partial charge < -0.3 is 29.9 Å². The SMILES string of the molecule is O=C(O)CCCCCCC(=O)NCc1cccc(-c2ccc(C3OC(CN4CCCC4CN4CCCC4)CC(c4ccc(CO)cc4)O3)cc2)c1. The van der Waals surface area contributed by atoms with Crippen LogP contribution in [0.3, 0.4) is 0 Å². The van der Waals surface area contributed by atoms with Gasteiger partial charge in [0.2, 0.25) is 5.91 Å². The van der Waals surface area contributed by atoms with Gasteiger partial charge in [-0.05, 0) is 92.0 Å². The lowest BCUT2D eigenvalue weighted by atomic mass is 9.98. The number of unbranched alkanes of at least 4 members (excludes halogenated alkanes) is 3. The Morgan fingerprint density at radius 3 is 2.25 bits per heavy atom.